The van der Waals surface area contributed by atoms with Crippen molar-refractivity contribution in [1.82, 2.24) is 24.6 Å². The lowest BCUT2D eigenvalue weighted by Crippen LogP contribution is -2.34. The third-order valence-electron chi connectivity index (χ3n) is 6.56. The zero-order chi connectivity index (χ0) is 18.8. The molecule has 0 spiro atoms. The minimum atomic E-state index is 0.0474. The van der Waals surface area contributed by atoms with Crippen molar-refractivity contribution in [2.75, 3.05) is 19.6 Å². The minimum absolute atomic E-state index is 0.0474. The normalized spacial score (nSPS) is 24.0. The van der Waals surface area contributed by atoms with E-state index in [0.717, 1.165) is 44.0 Å². The molecule has 2 amide bonds. The van der Waals surface area contributed by atoms with E-state index in [9.17, 15) is 9.59 Å². The number of fused-ring (bicyclic) bond motifs is 1. The fourth-order valence-corrected chi connectivity index (χ4v) is 5.00. The van der Waals surface area contributed by atoms with Crippen LogP contribution in [0.4, 0.5) is 0 Å². The molecule has 2 aliphatic heterocycles. The predicted molar refractivity (Wildman–Crippen MR) is 101 cm³/mol. The summed E-state index contributed by atoms with van der Waals surface area (Å²) in [5.41, 5.74) is 0. The minimum Gasteiger partial charge on any atom is -0.341 e. The molecule has 4 rings (SSSR count). The van der Waals surface area contributed by atoms with Crippen molar-refractivity contribution in [2.24, 2.45) is 5.92 Å². The second kappa shape index (κ2) is 7.98. The number of likely N-dealkylation sites (tertiary alicyclic amines) is 1. The van der Waals surface area contributed by atoms with Crippen LogP contribution in [0.5, 0.6) is 0 Å². The molecule has 0 N–H and O–H groups in total. The molecule has 0 radical (unpaired) electrons. The summed E-state index contributed by atoms with van der Waals surface area (Å²) >= 11 is 0. The number of hydrogen-bond acceptors (Lipinski definition) is 4. The number of hydrogen-bond donors (Lipinski definition) is 0. The molecule has 3 heterocycles. The molecule has 1 aromatic heterocycles. The van der Waals surface area contributed by atoms with Gasteiger partial charge in [0, 0.05) is 45.9 Å². The Labute approximate surface area is 161 Å². The highest BCUT2D eigenvalue weighted by molar-refractivity contribution is 5.77. The Kier molecular flexibility index (Phi) is 5.45. The smallest absolute Gasteiger partial charge is 0.223 e. The van der Waals surface area contributed by atoms with E-state index in [4.69, 9.17) is 0 Å². The monoisotopic (exact) mass is 373 g/mol. The summed E-state index contributed by atoms with van der Waals surface area (Å²) in [4.78, 5) is 28.7. The van der Waals surface area contributed by atoms with Crippen molar-refractivity contribution in [3.8, 4) is 0 Å². The van der Waals surface area contributed by atoms with E-state index >= 15 is 0 Å². The Morgan fingerprint density at radius 1 is 0.963 bits per heavy atom. The molecule has 3 aliphatic rings. The highest BCUT2D eigenvalue weighted by Crippen LogP contribution is 2.34. The van der Waals surface area contributed by atoms with E-state index < -0.39 is 0 Å². The van der Waals surface area contributed by atoms with Crippen LogP contribution in [0, 0.1) is 5.92 Å². The van der Waals surface area contributed by atoms with Gasteiger partial charge in [-0.05, 0) is 31.6 Å². The molecule has 1 saturated heterocycles. The lowest BCUT2D eigenvalue weighted by molar-refractivity contribution is -0.133. The van der Waals surface area contributed by atoms with Crippen LogP contribution in [-0.2, 0) is 22.6 Å². The van der Waals surface area contributed by atoms with Crippen LogP contribution >= 0.6 is 0 Å². The first-order chi connectivity index (χ1) is 13.1. The van der Waals surface area contributed by atoms with Gasteiger partial charge in [0.15, 0.2) is 5.82 Å². The molecule has 2 fully saturated rings. The Balaban J connectivity index is 1.47. The largest absolute Gasteiger partial charge is 0.341 e. The lowest BCUT2D eigenvalue weighted by Gasteiger charge is -2.28. The lowest BCUT2D eigenvalue weighted by atomic mass is 9.86. The Hall–Kier alpha value is -1.92. The second-order valence-electron chi connectivity index (χ2n) is 8.34. The summed E-state index contributed by atoms with van der Waals surface area (Å²) in [5, 5.41) is 8.89. The molecule has 0 bridgehead atoms. The predicted octanol–water partition coefficient (Wildman–Crippen LogP) is 2.32. The highest BCUT2D eigenvalue weighted by Gasteiger charge is 2.35. The summed E-state index contributed by atoms with van der Waals surface area (Å²) in [6.07, 6.45) is 9.67. The van der Waals surface area contributed by atoms with E-state index in [2.05, 4.69) is 19.7 Å². The third-order valence-corrected chi connectivity index (χ3v) is 6.56. The van der Waals surface area contributed by atoms with Gasteiger partial charge in [-0.25, -0.2) is 0 Å². The number of carbonyl (C=O) groups excluding carboxylic acids is 2. The number of rotatable bonds is 3. The van der Waals surface area contributed by atoms with Gasteiger partial charge in [0.2, 0.25) is 11.8 Å². The maximum absolute atomic E-state index is 13.0. The average molecular weight is 374 g/mol. The number of carbonyl (C=O) groups is 2. The van der Waals surface area contributed by atoms with Gasteiger partial charge in [0.1, 0.15) is 5.82 Å². The molecular weight excluding hydrogens is 342 g/mol. The van der Waals surface area contributed by atoms with Crippen molar-refractivity contribution in [1.29, 1.82) is 0 Å². The molecule has 27 heavy (non-hydrogen) atoms. The summed E-state index contributed by atoms with van der Waals surface area (Å²) in [5.74, 6) is 2.83. The molecule has 7 heteroatoms. The molecule has 148 valence electrons. The average Bonchev–Trinajstić information content (AvgIpc) is 3.24. The van der Waals surface area contributed by atoms with Gasteiger partial charge < -0.3 is 14.4 Å². The maximum atomic E-state index is 13.0. The SMILES string of the molecule is CC(=O)N1CCc2nnc([C@H]3CCCN3C(=O)CC3CCCCC3)n2CC1. The standard InChI is InChI=1S/C20H31N5O2/c1-15(26)23-11-9-18-21-22-20(25(18)13-12-23)17-8-5-10-24(17)19(27)14-16-6-3-2-4-7-16/h16-17H,2-14H2,1H3/t17-/m1/s1. The Morgan fingerprint density at radius 2 is 1.78 bits per heavy atom. The molecule has 0 aromatic carbocycles. The zero-order valence-corrected chi connectivity index (χ0v) is 16.4. The van der Waals surface area contributed by atoms with Crippen LogP contribution in [0.3, 0.4) is 0 Å². The van der Waals surface area contributed by atoms with Gasteiger partial charge in [0.05, 0.1) is 6.04 Å². The van der Waals surface area contributed by atoms with Crippen LogP contribution in [0.25, 0.3) is 0 Å². The van der Waals surface area contributed by atoms with Crippen molar-refractivity contribution < 1.29 is 9.59 Å². The summed E-state index contributed by atoms with van der Waals surface area (Å²) in [7, 11) is 0. The number of amides is 2. The van der Waals surface area contributed by atoms with E-state index in [1.54, 1.807) is 6.92 Å². The van der Waals surface area contributed by atoms with Crippen LogP contribution in [-0.4, -0.2) is 56.0 Å². The van der Waals surface area contributed by atoms with Crippen LogP contribution in [0.2, 0.25) is 0 Å². The second-order valence-corrected chi connectivity index (χ2v) is 8.34. The van der Waals surface area contributed by atoms with Crippen LogP contribution in [0.15, 0.2) is 0 Å². The topological polar surface area (TPSA) is 71.3 Å². The summed E-state index contributed by atoms with van der Waals surface area (Å²) in [6.45, 7) is 4.56. The molecule has 1 aromatic rings. The summed E-state index contributed by atoms with van der Waals surface area (Å²) < 4.78 is 2.17. The van der Waals surface area contributed by atoms with Gasteiger partial charge in [-0.2, -0.15) is 0 Å². The molecule has 1 atom stereocenters. The van der Waals surface area contributed by atoms with E-state index in [-0.39, 0.29) is 11.9 Å². The maximum Gasteiger partial charge on any atom is 0.223 e. The quantitative estimate of drug-likeness (QED) is 0.815. The number of aromatic nitrogens is 3. The molecule has 1 saturated carbocycles. The number of nitrogens with zero attached hydrogens (tertiary/aromatic N) is 5. The fraction of sp³-hybridized carbons (Fsp3) is 0.800. The van der Waals surface area contributed by atoms with E-state index in [0.29, 0.717) is 31.3 Å². The van der Waals surface area contributed by atoms with Crippen molar-refractivity contribution in [2.45, 2.75) is 77.3 Å². The first kappa shape index (κ1) is 18.4. The fourth-order valence-electron chi connectivity index (χ4n) is 5.00. The molecule has 0 unspecified atom stereocenters. The third kappa shape index (κ3) is 3.87. The van der Waals surface area contributed by atoms with Crippen LogP contribution in [0.1, 0.15) is 76.0 Å². The van der Waals surface area contributed by atoms with Crippen LogP contribution < -0.4 is 0 Å². The Morgan fingerprint density at radius 3 is 2.56 bits per heavy atom. The molecule has 7 nitrogen and oxygen atoms in total. The van der Waals surface area contributed by atoms with Gasteiger partial charge >= 0.3 is 0 Å². The van der Waals surface area contributed by atoms with E-state index in [1.807, 2.05) is 4.90 Å². The molecular formula is C20H31N5O2. The van der Waals surface area contributed by atoms with Crippen molar-refractivity contribution in [3.05, 3.63) is 11.6 Å². The van der Waals surface area contributed by atoms with Crippen molar-refractivity contribution >= 4 is 11.8 Å². The first-order valence-corrected chi connectivity index (χ1v) is 10.6. The van der Waals surface area contributed by atoms with Gasteiger partial charge in [-0.15, -0.1) is 10.2 Å². The van der Waals surface area contributed by atoms with Gasteiger partial charge in [-0.1, -0.05) is 19.3 Å². The molecule has 1 aliphatic carbocycles. The summed E-state index contributed by atoms with van der Waals surface area (Å²) in [6, 6.07) is 0.0474. The van der Waals surface area contributed by atoms with Crippen molar-refractivity contribution in [3.63, 3.8) is 0 Å². The Bertz CT molecular complexity index is 695. The van der Waals surface area contributed by atoms with Gasteiger partial charge in [-0.3, -0.25) is 9.59 Å². The highest BCUT2D eigenvalue weighted by atomic mass is 16.2. The first-order valence-electron chi connectivity index (χ1n) is 10.6. The van der Waals surface area contributed by atoms with E-state index in [1.165, 1.54) is 32.1 Å². The van der Waals surface area contributed by atoms with Gasteiger partial charge in [0.25, 0.3) is 0 Å². The zero-order valence-electron chi connectivity index (χ0n) is 16.4.